The largest absolute Gasteiger partial charge is 0.257 e. The van der Waals surface area contributed by atoms with E-state index < -0.39 is 0 Å². The van der Waals surface area contributed by atoms with Gasteiger partial charge in [0, 0.05) is 23.0 Å². The molecule has 0 aliphatic carbocycles. The van der Waals surface area contributed by atoms with Gasteiger partial charge in [-0.25, -0.2) is 0 Å². The second-order valence-electron chi connectivity index (χ2n) is 3.47. The van der Waals surface area contributed by atoms with E-state index in [0.29, 0.717) is 12.0 Å². The molecule has 3 heteroatoms. The Morgan fingerprint density at radius 3 is 2.54 bits per heavy atom. The smallest absolute Gasteiger partial charge is 0.0266 e. The van der Waals surface area contributed by atoms with E-state index in [0.717, 1.165) is 11.0 Å². The Bertz CT molecular complexity index is 283. The van der Waals surface area contributed by atoms with Gasteiger partial charge < -0.3 is 0 Å². The highest BCUT2D eigenvalue weighted by Gasteiger charge is 2.23. The fourth-order valence-corrected chi connectivity index (χ4v) is 1.99. The highest BCUT2D eigenvalue weighted by Crippen LogP contribution is 2.23. The quantitative estimate of drug-likeness (QED) is 0.786. The maximum Gasteiger partial charge on any atom is 0.0266 e. The topological polar surface area (TPSA) is 24.1 Å². The average Bonchev–Trinajstić information content (AvgIpc) is 2.53. The first kappa shape index (κ1) is 9.19. The fourth-order valence-electron chi connectivity index (χ4n) is 1.72. The van der Waals surface area contributed by atoms with E-state index in [1.165, 1.54) is 5.56 Å². The molecule has 2 N–H and O–H groups in total. The van der Waals surface area contributed by atoms with Crippen LogP contribution < -0.4 is 10.9 Å². The van der Waals surface area contributed by atoms with Crippen molar-refractivity contribution in [2.75, 3.05) is 6.54 Å². The Morgan fingerprint density at radius 1 is 1.31 bits per heavy atom. The molecular weight excluding hydrogens is 228 g/mol. The lowest BCUT2D eigenvalue weighted by Crippen LogP contribution is -2.28. The summed E-state index contributed by atoms with van der Waals surface area (Å²) in [6.45, 7) is 3.22. The Balaban J connectivity index is 2.20. The first-order valence-corrected chi connectivity index (χ1v) is 5.30. The van der Waals surface area contributed by atoms with Crippen LogP contribution in [0.25, 0.3) is 0 Å². The van der Waals surface area contributed by atoms with Crippen molar-refractivity contribution >= 4 is 15.9 Å². The average molecular weight is 241 g/mol. The van der Waals surface area contributed by atoms with Crippen LogP contribution in [0.2, 0.25) is 0 Å². The molecule has 2 atom stereocenters. The van der Waals surface area contributed by atoms with E-state index in [4.69, 9.17) is 0 Å². The second kappa shape index (κ2) is 3.78. The molecule has 2 unspecified atom stereocenters. The van der Waals surface area contributed by atoms with Gasteiger partial charge in [0.15, 0.2) is 0 Å². The number of rotatable bonds is 1. The Labute approximate surface area is 86.8 Å². The molecule has 1 aromatic rings. The Hall–Kier alpha value is -0.380. The van der Waals surface area contributed by atoms with E-state index in [2.05, 4.69) is 58.0 Å². The zero-order chi connectivity index (χ0) is 9.26. The molecule has 1 fully saturated rings. The van der Waals surface area contributed by atoms with Gasteiger partial charge in [-0.05, 0) is 24.6 Å². The summed E-state index contributed by atoms with van der Waals surface area (Å²) in [4.78, 5) is 0. The van der Waals surface area contributed by atoms with Crippen LogP contribution in [-0.2, 0) is 0 Å². The molecule has 0 bridgehead atoms. The van der Waals surface area contributed by atoms with Crippen LogP contribution in [-0.4, -0.2) is 12.6 Å². The van der Waals surface area contributed by atoms with Crippen molar-refractivity contribution in [2.24, 2.45) is 0 Å². The van der Waals surface area contributed by atoms with Crippen molar-refractivity contribution in [3.8, 4) is 0 Å². The van der Waals surface area contributed by atoms with Crippen LogP contribution in [0.5, 0.6) is 0 Å². The lowest BCUT2D eigenvalue weighted by atomic mass is 9.94. The monoisotopic (exact) mass is 240 g/mol. The molecule has 70 valence electrons. The van der Waals surface area contributed by atoms with Gasteiger partial charge in [0.2, 0.25) is 0 Å². The molecule has 0 saturated carbocycles. The van der Waals surface area contributed by atoms with Crippen LogP contribution in [0.3, 0.4) is 0 Å². The summed E-state index contributed by atoms with van der Waals surface area (Å²) in [7, 11) is 0. The zero-order valence-corrected chi connectivity index (χ0v) is 9.14. The van der Waals surface area contributed by atoms with E-state index >= 15 is 0 Å². The maximum absolute atomic E-state index is 3.44. The minimum Gasteiger partial charge on any atom is -0.257 e. The molecule has 2 rings (SSSR count). The van der Waals surface area contributed by atoms with Crippen molar-refractivity contribution in [3.05, 3.63) is 34.3 Å². The van der Waals surface area contributed by atoms with Crippen LogP contribution in [0.1, 0.15) is 18.4 Å². The molecule has 0 spiro atoms. The van der Waals surface area contributed by atoms with Crippen LogP contribution in [0.15, 0.2) is 28.7 Å². The first-order valence-electron chi connectivity index (χ1n) is 4.51. The second-order valence-corrected chi connectivity index (χ2v) is 4.39. The van der Waals surface area contributed by atoms with Crippen molar-refractivity contribution in [3.63, 3.8) is 0 Å². The SMILES string of the molecule is CC1NNCC1c1ccc(Br)cc1. The maximum atomic E-state index is 3.44. The molecule has 2 nitrogen and oxygen atoms in total. The highest BCUT2D eigenvalue weighted by atomic mass is 79.9. The van der Waals surface area contributed by atoms with Gasteiger partial charge in [0.1, 0.15) is 0 Å². The Kier molecular flexibility index (Phi) is 2.67. The number of nitrogens with one attached hydrogen (secondary N) is 2. The number of benzene rings is 1. The highest BCUT2D eigenvalue weighted by molar-refractivity contribution is 9.10. The van der Waals surface area contributed by atoms with Gasteiger partial charge in [-0.3, -0.25) is 10.9 Å². The third-order valence-electron chi connectivity index (χ3n) is 2.55. The standard InChI is InChI=1S/C10H13BrN2/c1-7-10(6-12-13-7)8-2-4-9(11)5-3-8/h2-5,7,10,12-13H,6H2,1H3. The van der Waals surface area contributed by atoms with E-state index in [1.54, 1.807) is 0 Å². The van der Waals surface area contributed by atoms with E-state index in [9.17, 15) is 0 Å². The summed E-state index contributed by atoms with van der Waals surface area (Å²) in [6, 6.07) is 9.07. The lowest BCUT2D eigenvalue weighted by molar-refractivity contribution is 0.570. The van der Waals surface area contributed by atoms with Crippen LogP contribution in [0.4, 0.5) is 0 Å². The minimum atomic E-state index is 0.515. The molecule has 1 aliphatic heterocycles. The number of hydrogen-bond acceptors (Lipinski definition) is 2. The number of hydrazine groups is 1. The predicted molar refractivity (Wildman–Crippen MR) is 57.5 cm³/mol. The summed E-state index contributed by atoms with van der Waals surface area (Å²) in [5.41, 5.74) is 7.79. The van der Waals surface area contributed by atoms with Gasteiger partial charge >= 0.3 is 0 Å². The number of hydrogen-bond donors (Lipinski definition) is 2. The minimum absolute atomic E-state index is 0.515. The van der Waals surface area contributed by atoms with Crippen molar-refractivity contribution in [2.45, 2.75) is 18.9 Å². The first-order chi connectivity index (χ1) is 6.27. The molecule has 0 amide bonds. The van der Waals surface area contributed by atoms with Gasteiger partial charge in [-0.1, -0.05) is 28.1 Å². The third kappa shape index (κ3) is 1.93. The summed E-state index contributed by atoms with van der Waals surface area (Å²) >= 11 is 3.44. The van der Waals surface area contributed by atoms with Gasteiger partial charge in [-0.15, -0.1) is 0 Å². The predicted octanol–water partition coefficient (Wildman–Crippen LogP) is 2.03. The van der Waals surface area contributed by atoms with Gasteiger partial charge in [0.05, 0.1) is 0 Å². The van der Waals surface area contributed by atoms with E-state index in [1.807, 2.05) is 0 Å². The molecular formula is C10H13BrN2. The summed E-state index contributed by atoms with van der Waals surface area (Å²) < 4.78 is 1.14. The summed E-state index contributed by atoms with van der Waals surface area (Å²) in [6.07, 6.45) is 0. The van der Waals surface area contributed by atoms with Crippen LogP contribution in [0, 0.1) is 0 Å². The molecule has 13 heavy (non-hydrogen) atoms. The third-order valence-corrected chi connectivity index (χ3v) is 3.08. The van der Waals surface area contributed by atoms with E-state index in [-0.39, 0.29) is 0 Å². The summed E-state index contributed by atoms with van der Waals surface area (Å²) in [5.74, 6) is 0.591. The zero-order valence-electron chi connectivity index (χ0n) is 7.55. The van der Waals surface area contributed by atoms with Gasteiger partial charge in [0.25, 0.3) is 0 Å². The molecule has 0 radical (unpaired) electrons. The lowest BCUT2D eigenvalue weighted by Gasteiger charge is -2.13. The number of halogens is 1. The van der Waals surface area contributed by atoms with Crippen LogP contribution >= 0.6 is 15.9 Å². The molecule has 1 saturated heterocycles. The molecule has 1 aliphatic rings. The summed E-state index contributed by atoms with van der Waals surface area (Å²) in [5, 5.41) is 0. The molecule has 1 aromatic carbocycles. The van der Waals surface area contributed by atoms with Gasteiger partial charge in [-0.2, -0.15) is 0 Å². The van der Waals surface area contributed by atoms with Crippen molar-refractivity contribution < 1.29 is 0 Å². The molecule has 0 aromatic heterocycles. The van der Waals surface area contributed by atoms with Crippen molar-refractivity contribution in [1.82, 2.24) is 10.9 Å². The fraction of sp³-hybridized carbons (Fsp3) is 0.400. The molecule has 1 heterocycles. The Morgan fingerprint density at radius 2 is 2.00 bits per heavy atom. The van der Waals surface area contributed by atoms with Crippen molar-refractivity contribution in [1.29, 1.82) is 0 Å². The normalized spacial score (nSPS) is 27.8.